The fourth-order valence-corrected chi connectivity index (χ4v) is 2.01. The summed E-state index contributed by atoms with van der Waals surface area (Å²) in [5.41, 5.74) is 1.67. The van der Waals surface area contributed by atoms with Gasteiger partial charge < -0.3 is 10.0 Å². The normalized spacial score (nSPS) is 9.88. The van der Waals surface area contributed by atoms with E-state index in [0.29, 0.717) is 11.6 Å². The van der Waals surface area contributed by atoms with Crippen LogP contribution in [0.25, 0.3) is 0 Å². The standard InChI is InChI=1S/C13H16ClNO/c1-3-8-15(9-4-2)13-11(10-16)6-5-7-12(13)14/h1,5-7,16H,4,8-10H2,2H3. The van der Waals surface area contributed by atoms with Gasteiger partial charge in [-0.15, -0.1) is 6.42 Å². The van der Waals surface area contributed by atoms with Gasteiger partial charge in [0.2, 0.25) is 0 Å². The lowest BCUT2D eigenvalue weighted by molar-refractivity contribution is 0.282. The zero-order valence-electron chi connectivity index (χ0n) is 9.41. The first-order valence-electron chi connectivity index (χ1n) is 5.31. The molecule has 0 fully saturated rings. The molecule has 0 aromatic heterocycles. The molecule has 0 unspecified atom stereocenters. The predicted molar refractivity (Wildman–Crippen MR) is 68.7 cm³/mol. The number of terminal acetylenes is 1. The lowest BCUT2D eigenvalue weighted by Crippen LogP contribution is -2.25. The van der Waals surface area contributed by atoms with E-state index in [1.54, 1.807) is 0 Å². The molecule has 1 N–H and O–H groups in total. The lowest BCUT2D eigenvalue weighted by Gasteiger charge is -2.25. The van der Waals surface area contributed by atoms with Crippen LogP contribution < -0.4 is 4.90 Å². The van der Waals surface area contributed by atoms with Gasteiger partial charge in [-0.05, 0) is 12.5 Å². The summed E-state index contributed by atoms with van der Waals surface area (Å²) >= 11 is 6.15. The van der Waals surface area contributed by atoms with Crippen LogP contribution in [0.2, 0.25) is 5.02 Å². The second kappa shape index (κ2) is 6.42. The van der Waals surface area contributed by atoms with Crippen molar-refractivity contribution >= 4 is 17.3 Å². The van der Waals surface area contributed by atoms with Crippen molar-refractivity contribution in [3.63, 3.8) is 0 Å². The molecule has 1 aromatic carbocycles. The van der Waals surface area contributed by atoms with Crippen molar-refractivity contribution in [3.05, 3.63) is 28.8 Å². The fraction of sp³-hybridized carbons (Fsp3) is 0.385. The first kappa shape index (κ1) is 12.9. The van der Waals surface area contributed by atoms with Crippen LogP contribution >= 0.6 is 11.6 Å². The van der Waals surface area contributed by atoms with Crippen LogP contribution in [0.1, 0.15) is 18.9 Å². The number of halogens is 1. The fourth-order valence-electron chi connectivity index (χ4n) is 1.69. The summed E-state index contributed by atoms with van der Waals surface area (Å²) in [6.45, 7) is 3.39. The Labute approximate surface area is 102 Å². The summed E-state index contributed by atoms with van der Waals surface area (Å²) in [7, 11) is 0. The largest absolute Gasteiger partial charge is 0.392 e. The van der Waals surface area contributed by atoms with Gasteiger partial charge in [0.05, 0.1) is 23.9 Å². The van der Waals surface area contributed by atoms with Crippen molar-refractivity contribution < 1.29 is 5.11 Å². The molecule has 0 saturated carbocycles. The molecule has 0 heterocycles. The van der Waals surface area contributed by atoms with Gasteiger partial charge in [-0.1, -0.05) is 36.6 Å². The second-order valence-corrected chi connectivity index (χ2v) is 3.94. The van der Waals surface area contributed by atoms with Gasteiger partial charge in [-0.3, -0.25) is 0 Å². The molecule has 0 radical (unpaired) electrons. The summed E-state index contributed by atoms with van der Waals surface area (Å²) in [6, 6.07) is 5.51. The van der Waals surface area contributed by atoms with Crippen LogP contribution in [0.4, 0.5) is 5.69 Å². The molecular weight excluding hydrogens is 222 g/mol. The minimum Gasteiger partial charge on any atom is -0.392 e. The number of aliphatic hydroxyl groups excluding tert-OH is 1. The maximum absolute atomic E-state index is 9.29. The monoisotopic (exact) mass is 237 g/mol. The van der Waals surface area contributed by atoms with Crippen molar-refractivity contribution in [2.45, 2.75) is 20.0 Å². The minimum absolute atomic E-state index is 0.0271. The summed E-state index contributed by atoms with van der Waals surface area (Å²) in [6.07, 6.45) is 6.33. The number of nitrogens with zero attached hydrogens (tertiary/aromatic N) is 1. The summed E-state index contributed by atoms with van der Waals surface area (Å²) in [5, 5.41) is 9.93. The Morgan fingerprint density at radius 2 is 2.25 bits per heavy atom. The second-order valence-electron chi connectivity index (χ2n) is 3.53. The molecule has 2 nitrogen and oxygen atoms in total. The molecule has 0 amide bonds. The third-order valence-electron chi connectivity index (χ3n) is 2.33. The van der Waals surface area contributed by atoms with Gasteiger partial charge in [0.1, 0.15) is 0 Å². The smallest absolute Gasteiger partial charge is 0.0792 e. The molecule has 16 heavy (non-hydrogen) atoms. The zero-order chi connectivity index (χ0) is 12.0. The molecule has 1 aromatic rings. The highest BCUT2D eigenvalue weighted by molar-refractivity contribution is 6.33. The van der Waals surface area contributed by atoms with Gasteiger partial charge >= 0.3 is 0 Å². The molecule has 86 valence electrons. The van der Waals surface area contributed by atoms with E-state index < -0.39 is 0 Å². The molecule has 0 bridgehead atoms. The van der Waals surface area contributed by atoms with Crippen LogP contribution in [0.3, 0.4) is 0 Å². The zero-order valence-corrected chi connectivity index (χ0v) is 10.2. The quantitative estimate of drug-likeness (QED) is 0.796. The van der Waals surface area contributed by atoms with E-state index in [0.717, 1.165) is 24.2 Å². The Morgan fingerprint density at radius 1 is 1.50 bits per heavy atom. The molecule has 0 aliphatic carbocycles. The third-order valence-corrected chi connectivity index (χ3v) is 2.64. The topological polar surface area (TPSA) is 23.5 Å². The summed E-state index contributed by atoms with van der Waals surface area (Å²) in [5.74, 6) is 2.62. The van der Waals surface area contributed by atoms with Crippen molar-refractivity contribution in [1.82, 2.24) is 0 Å². The van der Waals surface area contributed by atoms with Crippen LogP contribution in [-0.2, 0) is 6.61 Å². The van der Waals surface area contributed by atoms with Gasteiger partial charge in [0, 0.05) is 12.1 Å². The molecule has 0 spiro atoms. The number of anilines is 1. The van der Waals surface area contributed by atoms with E-state index >= 15 is 0 Å². The lowest BCUT2D eigenvalue weighted by atomic mass is 10.1. The van der Waals surface area contributed by atoms with Gasteiger partial charge in [0.15, 0.2) is 0 Å². The molecule has 0 aliphatic rings. The van der Waals surface area contributed by atoms with Crippen LogP contribution in [-0.4, -0.2) is 18.2 Å². The molecular formula is C13H16ClNO. The average Bonchev–Trinajstić information content (AvgIpc) is 2.28. The SMILES string of the molecule is C#CCN(CCC)c1c(Cl)cccc1CO. The Kier molecular flexibility index (Phi) is 5.18. The molecule has 0 atom stereocenters. The Hall–Kier alpha value is -1.17. The van der Waals surface area contributed by atoms with E-state index in [-0.39, 0.29) is 6.61 Å². The van der Waals surface area contributed by atoms with E-state index in [4.69, 9.17) is 18.0 Å². The maximum atomic E-state index is 9.29. The van der Waals surface area contributed by atoms with Crippen molar-refractivity contribution in [1.29, 1.82) is 0 Å². The van der Waals surface area contributed by atoms with Crippen molar-refractivity contribution in [2.24, 2.45) is 0 Å². The van der Waals surface area contributed by atoms with Crippen molar-refractivity contribution in [2.75, 3.05) is 18.0 Å². The third kappa shape index (κ3) is 2.91. The van der Waals surface area contributed by atoms with Crippen LogP contribution in [0.15, 0.2) is 18.2 Å². The predicted octanol–water partition coefficient (Wildman–Crippen LogP) is 2.68. The number of rotatable bonds is 5. The first-order chi connectivity index (χ1) is 7.74. The Balaban J connectivity index is 3.11. The molecule has 0 saturated heterocycles. The first-order valence-corrected chi connectivity index (χ1v) is 5.69. The highest BCUT2D eigenvalue weighted by atomic mass is 35.5. The number of para-hydroxylation sites is 1. The van der Waals surface area contributed by atoms with E-state index in [1.165, 1.54) is 0 Å². The average molecular weight is 238 g/mol. The van der Waals surface area contributed by atoms with E-state index in [9.17, 15) is 5.11 Å². The number of aliphatic hydroxyl groups is 1. The summed E-state index contributed by atoms with van der Waals surface area (Å²) < 4.78 is 0. The number of benzene rings is 1. The Morgan fingerprint density at radius 3 is 2.81 bits per heavy atom. The maximum Gasteiger partial charge on any atom is 0.0792 e. The van der Waals surface area contributed by atoms with Crippen molar-refractivity contribution in [3.8, 4) is 12.3 Å². The highest BCUT2D eigenvalue weighted by Crippen LogP contribution is 2.30. The molecule has 3 heteroatoms. The summed E-state index contributed by atoms with van der Waals surface area (Å²) in [4.78, 5) is 2.02. The highest BCUT2D eigenvalue weighted by Gasteiger charge is 2.12. The molecule has 1 rings (SSSR count). The van der Waals surface area contributed by atoms with Crippen LogP contribution in [0, 0.1) is 12.3 Å². The Bertz CT molecular complexity index is 384. The number of hydrogen-bond donors (Lipinski definition) is 1. The van der Waals surface area contributed by atoms with E-state index in [2.05, 4.69) is 12.8 Å². The van der Waals surface area contributed by atoms with Gasteiger partial charge in [-0.2, -0.15) is 0 Å². The molecule has 0 aliphatic heterocycles. The minimum atomic E-state index is -0.0271. The van der Waals surface area contributed by atoms with Gasteiger partial charge in [0.25, 0.3) is 0 Å². The number of hydrogen-bond acceptors (Lipinski definition) is 2. The van der Waals surface area contributed by atoms with E-state index in [1.807, 2.05) is 23.1 Å². The van der Waals surface area contributed by atoms with Gasteiger partial charge in [-0.25, -0.2) is 0 Å². The van der Waals surface area contributed by atoms with Crippen LogP contribution in [0.5, 0.6) is 0 Å².